The number of hydrogen-bond donors (Lipinski definition) is 3. The van der Waals surface area contributed by atoms with Gasteiger partial charge in [0.05, 0.1) is 16.9 Å². The molecular formula is C21H24F4N4O4S. The van der Waals surface area contributed by atoms with E-state index in [2.05, 4.69) is 10.6 Å². The minimum atomic E-state index is -4.73. The van der Waals surface area contributed by atoms with Crippen LogP contribution in [-0.4, -0.2) is 40.3 Å². The molecule has 0 saturated carbocycles. The number of aromatic nitrogens is 1. The number of benzene rings is 1. The molecule has 0 aliphatic carbocycles. The monoisotopic (exact) mass is 504 g/mol. The lowest BCUT2D eigenvalue weighted by atomic mass is 10.1. The van der Waals surface area contributed by atoms with Crippen LogP contribution in [0.4, 0.5) is 28.9 Å². The Hall–Kier alpha value is -3.35. The number of alkyl halides is 3. The summed E-state index contributed by atoms with van der Waals surface area (Å²) < 4.78 is 53.2. The first-order valence-electron chi connectivity index (χ1n) is 9.61. The molecular weight excluding hydrogens is 480 g/mol. The van der Waals surface area contributed by atoms with Gasteiger partial charge in [-0.1, -0.05) is 0 Å². The van der Waals surface area contributed by atoms with E-state index in [1.165, 1.54) is 44.5 Å². The Balaban J connectivity index is 0.00000578. The number of anilines is 2. The number of carbonyl (C=O) groups excluding carboxylic acids is 4. The van der Waals surface area contributed by atoms with Gasteiger partial charge in [0.1, 0.15) is 11.9 Å². The molecule has 2 aromatic rings. The van der Waals surface area contributed by atoms with Gasteiger partial charge in [-0.2, -0.15) is 26.7 Å². The minimum absolute atomic E-state index is 0. The van der Waals surface area contributed by atoms with Gasteiger partial charge in [0.15, 0.2) is 0 Å². The van der Waals surface area contributed by atoms with Crippen LogP contribution in [0.15, 0.2) is 18.2 Å². The smallest absolute Gasteiger partial charge is 0.344 e. The first kappa shape index (κ1) is 28.7. The van der Waals surface area contributed by atoms with E-state index in [0.29, 0.717) is 6.92 Å². The lowest BCUT2D eigenvalue weighted by Crippen LogP contribution is -2.46. The van der Waals surface area contributed by atoms with Crippen molar-refractivity contribution in [2.45, 2.75) is 39.9 Å². The number of amides is 3. The van der Waals surface area contributed by atoms with Gasteiger partial charge in [-0.25, -0.2) is 4.39 Å². The van der Waals surface area contributed by atoms with Crippen molar-refractivity contribution >= 4 is 48.4 Å². The summed E-state index contributed by atoms with van der Waals surface area (Å²) in [6.45, 7) is 4.75. The zero-order valence-electron chi connectivity index (χ0n) is 18.9. The van der Waals surface area contributed by atoms with E-state index in [-0.39, 0.29) is 47.4 Å². The molecule has 1 atom stereocenters. The number of rotatable bonds is 6. The molecule has 8 nitrogen and oxygen atoms in total. The number of ketones is 1. The molecule has 0 aliphatic heterocycles. The van der Waals surface area contributed by atoms with E-state index in [1.807, 2.05) is 0 Å². The maximum atomic E-state index is 13.8. The largest absolute Gasteiger partial charge is 0.408 e. The Morgan fingerprint density at radius 1 is 1.06 bits per heavy atom. The Bertz CT molecular complexity index is 1140. The third kappa shape index (κ3) is 6.16. The van der Waals surface area contributed by atoms with Crippen LogP contribution in [0.1, 0.15) is 46.0 Å². The zero-order valence-corrected chi connectivity index (χ0v) is 19.9. The van der Waals surface area contributed by atoms with Crippen molar-refractivity contribution in [2.24, 2.45) is 7.05 Å². The Labute approximate surface area is 199 Å². The second kappa shape index (κ2) is 10.7. The van der Waals surface area contributed by atoms with E-state index in [1.54, 1.807) is 5.32 Å². The van der Waals surface area contributed by atoms with Gasteiger partial charge in [0.2, 0.25) is 5.91 Å². The highest BCUT2D eigenvalue weighted by atomic mass is 32.1. The highest BCUT2D eigenvalue weighted by Crippen LogP contribution is 2.25. The molecule has 0 fully saturated rings. The number of nitrogens with zero attached hydrogens (tertiary/aromatic N) is 1. The van der Waals surface area contributed by atoms with Crippen molar-refractivity contribution in [3.05, 3.63) is 46.5 Å². The molecule has 0 radical (unpaired) electrons. The molecule has 0 bridgehead atoms. The molecule has 2 rings (SSSR count). The topological polar surface area (TPSA) is 109 Å². The molecule has 1 aromatic carbocycles. The first-order valence-corrected chi connectivity index (χ1v) is 9.61. The van der Waals surface area contributed by atoms with Crippen molar-refractivity contribution < 1.29 is 36.7 Å². The minimum Gasteiger partial charge on any atom is -0.344 e. The lowest BCUT2D eigenvalue weighted by molar-refractivity contribution is -0.156. The first-order chi connectivity index (χ1) is 15.1. The third-order valence-electron chi connectivity index (χ3n) is 4.95. The molecule has 3 amide bonds. The van der Waals surface area contributed by atoms with Crippen molar-refractivity contribution in [1.29, 1.82) is 0 Å². The fourth-order valence-electron chi connectivity index (χ4n) is 3.17. The van der Waals surface area contributed by atoms with Gasteiger partial charge in [-0.15, -0.1) is 0 Å². The predicted octanol–water partition coefficient (Wildman–Crippen LogP) is 3.35. The average Bonchev–Trinajstić information content (AvgIpc) is 2.91. The van der Waals surface area contributed by atoms with Crippen molar-refractivity contribution in [3.8, 4) is 0 Å². The van der Waals surface area contributed by atoms with Gasteiger partial charge >= 0.3 is 6.18 Å². The molecule has 3 N–H and O–H groups in total. The fraction of sp³-hybridized carbons (Fsp3) is 0.333. The molecule has 34 heavy (non-hydrogen) atoms. The van der Waals surface area contributed by atoms with Crippen LogP contribution in [0, 0.1) is 19.7 Å². The van der Waals surface area contributed by atoms with Crippen LogP contribution < -0.4 is 16.0 Å². The van der Waals surface area contributed by atoms with Crippen molar-refractivity contribution in [1.82, 2.24) is 9.88 Å². The Morgan fingerprint density at radius 3 is 2.18 bits per heavy atom. The summed E-state index contributed by atoms with van der Waals surface area (Å²) >= 11 is 0. The normalized spacial score (nSPS) is 11.8. The summed E-state index contributed by atoms with van der Waals surface area (Å²) in [6.07, 6.45) is -4.73. The molecule has 1 aromatic heterocycles. The molecule has 186 valence electrons. The fourth-order valence-corrected chi connectivity index (χ4v) is 3.17. The Morgan fingerprint density at radius 2 is 1.65 bits per heavy atom. The number of hydrogen-bond acceptors (Lipinski definition) is 4. The summed E-state index contributed by atoms with van der Waals surface area (Å²) in [5, 5.41) is 6.39. The predicted molar refractivity (Wildman–Crippen MR) is 122 cm³/mol. The van der Waals surface area contributed by atoms with Gasteiger partial charge in [0, 0.05) is 25.4 Å². The summed E-state index contributed by atoms with van der Waals surface area (Å²) in [5.74, 6) is -4.64. The number of carbonyl (C=O) groups is 4. The van der Waals surface area contributed by atoms with Crippen LogP contribution in [0.2, 0.25) is 0 Å². The molecule has 0 saturated heterocycles. The molecule has 1 heterocycles. The summed E-state index contributed by atoms with van der Waals surface area (Å²) in [6, 6.07) is 1.24. The van der Waals surface area contributed by atoms with Crippen LogP contribution in [0.25, 0.3) is 0 Å². The second-order valence-corrected chi connectivity index (χ2v) is 7.39. The van der Waals surface area contributed by atoms with Crippen molar-refractivity contribution in [3.63, 3.8) is 0 Å². The second-order valence-electron chi connectivity index (χ2n) is 7.39. The van der Waals surface area contributed by atoms with Gasteiger partial charge < -0.3 is 20.5 Å². The van der Waals surface area contributed by atoms with E-state index in [4.69, 9.17) is 0 Å². The molecule has 13 heteroatoms. The highest BCUT2D eigenvalue weighted by molar-refractivity contribution is 7.59. The van der Waals surface area contributed by atoms with Crippen molar-refractivity contribution in [2.75, 3.05) is 10.6 Å². The molecule has 0 spiro atoms. The van der Waals surface area contributed by atoms with Crippen LogP contribution in [0.5, 0.6) is 0 Å². The van der Waals surface area contributed by atoms with Crippen LogP contribution in [0.3, 0.4) is 0 Å². The zero-order chi connectivity index (χ0) is 25.2. The highest BCUT2D eigenvalue weighted by Gasteiger charge is 2.39. The third-order valence-corrected chi connectivity index (χ3v) is 4.95. The van der Waals surface area contributed by atoms with E-state index >= 15 is 0 Å². The van der Waals surface area contributed by atoms with Crippen LogP contribution in [-0.2, 0) is 16.6 Å². The lowest BCUT2D eigenvalue weighted by Gasteiger charge is -2.16. The van der Waals surface area contributed by atoms with E-state index in [9.17, 15) is 36.7 Å². The summed E-state index contributed by atoms with van der Waals surface area (Å²) in [5.41, 5.74) is 0.0989. The molecule has 0 unspecified atom stereocenters. The van der Waals surface area contributed by atoms with Gasteiger partial charge in [0.25, 0.3) is 17.6 Å². The number of halogens is 4. The maximum Gasteiger partial charge on any atom is 0.408 e. The standard InChI is InChI=1S/C21H22F4N4O4.H2S/c1-9-16(19(32)28-13-6-7-14(22)15(8-13)27-12(4)30)10(2)29(5)17(9)18(31)20(33)26-11(3)21(23,24)25;/h6-8,11H,1-5H3,(H,26,33)(H,27,30)(H,28,32);1H2/t11-;/m0./s1. The summed E-state index contributed by atoms with van der Waals surface area (Å²) in [4.78, 5) is 48.7. The van der Waals surface area contributed by atoms with Gasteiger partial charge in [-0.3, -0.25) is 19.2 Å². The number of Topliss-reactive ketones (excluding diaryl/α,β-unsaturated/α-hetero) is 1. The summed E-state index contributed by atoms with van der Waals surface area (Å²) in [7, 11) is 1.39. The molecule has 0 aliphatic rings. The van der Waals surface area contributed by atoms with Gasteiger partial charge in [-0.05, 0) is 44.5 Å². The number of nitrogens with one attached hydrogen (secondary N) is 3. The Kier molecular flexibility index (Phi) is 9.04. The average molecular weight is 505 g/mol. The quantitative estimate of drug-likeness (QED) is 0.318. The SMILES string of the molecule is CC(=O)Nc1cc(NC(=O)c2c(C)c(C(=O)C(=O)N[C@@H](C)C(F)(F)F)n(C)c2C)ccc1F.S. The maximum absolute atomic E-state index is 13.8. The van der Waals surface area contributed by atoms with E-state index in [0.717, 1.165) is 6.07 Å². The van der Waals surface area contributed by atoms with Crippen LogP contribution >= 0.6 is 13.5 Å². The van der Waals surface area contributed by atoms with E-state index < -0.39 is 41.5 Å².